The molecule has 2 fully saturated rings. The van der Waals surface area contributed by atoms with Crippen LogP contribution in [0.3, 0.4) is 0 Å². The minimum atomic E-state index is -1.35. The van der Waals surface area contributed by atoms with E-state index in [1.54, 1.807) is 38.2 Å². The highest BCUT2D eigenvalue weighted by atomic mass is 16.5. The van der Waals surface area contributed by atoms with Crippen LogP contribution in [0.2, 0.25) is 0 Å². The molecule has 0 radical (unpaired) electrons. The predicted molar refractivity (Wildman–Crippen MR) is 96.4 cm³/mol. The maximum absolute atomic E-state index is 13.1. The lowest BCUT2D eigenvalue weighted by Gasteiger charge is -2.39. The second-order valence-corrected chi connectivity index (χ2v) is 6.84. The van der Waals surface area contributed by atoms with Crippen LogP contribution in [-0.4, -0.2) is 49.4 Å². The summed E-state index contributed by atoms with van der Waals surface area (Å²) in [5.41, 5.74) is 0.800. The lowest BCUT2D eigenvalue weighted by Crippen LogP contribution is -2.57. The van der Waals surface area contributed by atoms with Crippen molar-refractivity contribution in [3.63, 3.8) is 0 Å². The minimum Gasteiger partial charge on any atom is -0.497 e. The van der Waals surface area contributed by atoms with Crippen LogP contribution in [0.1, 0.15) is 31.7 Å². The smallest absolute Gasteiger partial charge is 0.326 e. The molecule has 1 saturated carbocycles. The number of carbonyl (C=O) groups is 3. The molecular formula is C20H25NO6. The summed E-state index contributed by atoms with van der Waals surface area (Å²) in [7, 11) is 3.13. The van der Waals surface area contributed by atoms with Gasteiger partial charge in [-0.25, -0.2) is 0 Å². The van der Waals surface area contributed by atoms with Gasteiger partial charge in [0.2, 0.25) is 5.91 Å². The van der Waals surface area contributed by atoms with Crippen molar-refractivity contribution in [1.82, 2.24) is 4.90 Å². The quantitative estimate of drug-likeness (QED) is 0.558. The van der Waals surface area contributed by atoms with E-state index in [2.05, 4.69) is 0 Å². The number of ketones is 1. The number of hydrogen-bond donors (Lipinski definition) is 0. The molecule has 146 valence electrons. The first-order valence-electron chi connectivity index (χ1n) is 9.23. The number of Topliss-reactive ketones (excluding diaryl/α,β-unsaturated/α-hetero) is 1. The average Bonchev–Trinajstić information content (AvgIpc) is 3.15. The van der Waals surface area contributed by atoms with Gasteiger partial charge in [0.05, 0.1) is 20.8 Å². The standard InChI is InChI=1S/C20H25NO6/c1-4-27-20(24)17-18(22)14-6-5-7-15(14)21(19(17)23)11-12-8-9-13(25-2)10-16(12)26-3/h8-10,14-15,17H,4-7,11H2,1-3H3/t14-,15+,17?/m1/s1. The molecule has 3 rings (SSSR count). The Morgan fingerprint density at radius 3 is 2.63 bits per heavy atom. The number of esters is 1. The van der Waals surface area contributed by atoms with Crippen LogP contribution in [0.25, 0.3) is 0 Å². The lowest BCUT2D eigenvalue weighted by molar-refractivity contribution is -0.165. The van der Waals surface area contributed by atoms with Crippen molar-refractivity contribution in [2.75, 3.05) is 20.8 Å². The number of carbonyl (C=O) groups excluding carboxylic acids is 3. The topological polar surface area (TPSA) is 82.1 Å². The highest BCUT2D eigenvalue weighted by Crippen LogP contribution is 2.39. The van der Waals surface area contributed by atoms with Gasteiger partial charge in [0.1, 0.15) is 11.5 Å². The number of likely N-dealkylation sites (tertiary alicyclic amines) is 1. The number of rotatable bonds is 6. The Hall–Kier alpha value is -2.57. The first kappa shape index (κ1) is 19.2. The van der Waals surface area contributed by atoms with Crippen molar-refractivity contribution in [2.45, 2.75) is 38.8 Å². The Labute approximate surface area is 158 Å². The molecule has 7 heteroatoms. The van der Waals surface area contributed by atoms with Gasteiger partial charge < -0.3 is 19.1 Å². The van der Waals surface area contributed by atoms with Crippen molar-refractivity contribution >= 4 is 17.7 Å². The van der Waals surface area contributed by atoms with E-state index in [0.29, 0.717) is 17.9 Å². The highest BCUT2D eigenvalue weighted by molar-refractivity contribution is 6.19. The van der Waals surface area contributed by atoms with Crippen molar-refractivity contribution in [3.05, 3.63) is 23.8 Å². The minimum absolute atomic E-state index is 0.135. The average molecular weight is 375 g/mol. The van der Waals surface area contributed by atoms with Crippen LogP contribution < -0.4 is 9.47 Å². The molecule has 1 saturated heterocycles. The third-order valence-corrected chi connectivity index (χ3v) is 5.42. The SMILES string of the molecule is CCOC(=O)C1C(=O)[C@@H]2CCC[C@@H]2N(Cc2ccc(OC)cc2OC)C1=O. The van der Waals surface area contributed by atoms with Crippen LogP contribution in [0.4, 0.5) is 0 Å². The van der Waals surface area contributed by atoms with Crippen LogP contribution in [0.5, 0.6) is 11.5 Å². The van der Waals surface area contributed by atoms with Crippen LogP contribution in [-0.2, 0) is 25.7 Å². The van der Waals surface area contributed by atoms with Crippen LogP contribution >= 0.6 is 0 Å². The number of ether oxygens (including phenoxy) is 3. The summed E-state index contributed by atoms with van der Waals surface area (Å²) in [6.45, 7) is 2.07. The largest absolute Gasteiger partial charge is 0.497 e. The molecule has 1 aromatic carbocycles. The molecule has 0 bridgehead atoms. The summed E-state index contributed by atoms with van der Waals surface area (Å²) in [5.74, 6) is -1.92. The van der Waals surface area contributed by atoms with E-state index in [9.17, 15) is 14.4 Å². The molecule has 1 aromatic rings. The zero-order valence-electron chi connectivity index (χ0n) is 15.9. The molecule has 2 aliphatic rings. The van der Waals surface area contributed by atoms with E-state index >= 15 is 0 Å². The van der Waals surface area contributed by atoms with E-state index in [4.69, 9.17) is 14.2 Å². The van der Waals surface area contributed by atoms with E-state index in [1.165, 1.54) is 0 Å². The van der Waals surface area contributed by atoms with Crippen molar-refractivity contribution in [3.8, 4) is 11.5 Å². The Kier molecular flexibility index (Phi) is 5.68. The number of benzene rings is 1. The molecule has 1 unspecified atom stereocenters. The lowest BCUT2D eigenvalue weighted by atomic mass is 9.82. The number of hydrogen-bond acceptors (Lipinski definition) is 6. The number of nitrogens with zero attached hydrogens (tertiary/aromatic N) is 1. The normalized spacial score (nSPS) is 24.6. The molecule has 3 atom stereocenters. The third kappa shape index (κ3) is 3.50. The first-order chi connectivity index (χ1) is 13.0. The summed E-state index contributed by atoms with van der Waals surface area (Å²) < 4.78 is 15.6. The number of methoxy groups -OCH3 is 2. The predicted octanol–water partition coefficient (Wildman–Crippen LogP) is 1.96. The zero-order chi connectivity index (χ0) is 19.6. The van der Waals surface area contributed by atoms with E-state index in [0.717, 1.165) is 18.4 Å². The second-order valence-electron chi connectivity index (χ2n) is 6.84. The van der Waals surface area contributed by atoms with Crippen LogP contribution in [0, 0.1) is 11.8 Å². The van der Waals surface area contributed by atoms with Gasteiger partial charge in [-0.05, 0) is 31.9 Å². The summed E-state index contributed by atoms with van der Waals surface area (Å²) in [5, 5.41) is 0. The van der Waals surface area contributed by atoms with Gasteiger partial charge in [-0.3, -0.25) is 14.4 Å². The molecule has 1 aliphatic carbocycles. The fraction of sp³-hybridized carbons (Fsp3) is 0.550. The fourth-order valence-electron chi connectivity index (χ4n) is 4.11. The van der Waals surface area contributed by atoms with Crippen molar-refractivity contribution in [1.29, 1.82) is 0 Å². The first-order valence-corrected chi connectivity index (χ1v) is 9.23. The summed E-state index contributed by atoms with van der Waals surface area (Å²) in [6.07, 6.45) is 2.32. The summed E-state index contributed by atoms with van der Waals surface area (Å²) in [4.78, 5) is 39.7. The monoisotopic (exact) mass is 375 g/mol. The molecule has 27 heavy (non-hydrogen) atoms. The second kappa shape index (κ2) is 7.98. The fourth-order valence-corrected chi connectivity index (χ4v) is 4.11. The van der Waals surface area contributed by atoms with Gasteiger partial charge in [-0.2, -0.15) is 0 Å². The molecule has 0 spiro atoms. The van der Waals surface area contributed by atoms with Gasteiger partial charge in [-0.1, -0.05) is 6.42 Å². The number of amides is 1. The summed E-state index contributed by atoms with van der Waals surface area (Å²) in [6, 6.07) is 5.21. The molecule has 0 aromatic heterocycles. The van der Waals surface area contributed by atoms with E-state index in [-0.39, 0.29) is 30.9 Å². The number of fused-ring (bicyclic) bond motifs is 1. The maximum atomic E-state index is 13.1. The van der Waals surface area contributed by atoms with Gasteiger partial charge >= 0.3 is 5.97 Å². The molecule has 1 aliphatic heterocycles. The van der Waals surface area contributed by atoms with Gasteiger partial charge in [0.25, 0.3) is 0 Å². The van der Waals surface area contributed by atoms with Gasteiger partial charge in [-0.15, -0.1) is 0 Å². The van der Waals surface area contributed by atoms with E-state index in [1.807, 2.05) is 6.07 Å². The van der Waals surface area contributed by atoms with Crippen molar-refractivity contribution < 1.29 is 28.6 Å². The van der Waals surface area contributed by atoms with Crippen LogP contribution in [0.15, 0.2) is 18.2 Å². The summed E-state index contributed by atoms with van der Waals surface area (Å²) >= 11 is 0. The Bertz CT molecular complexity index is 746. The highest BCUT2D eigenvalue weighted by Gasteiger charge is 2.53. The van der Waals surface area contributed by atoms with Gasteiger partial charge in [0.15, 0.2) is 11.7 Å². The molecular weight excluding hydrogens is 350 g/mol. The zero-order valence-corrected chi connectivity index (χ0v) is 15.9. The Morgan fingerprint density at radius 2 is 1.96 bits per heavy atom. The van der Waals surface area contributed by atoms with Crippen molar-refractivity contribution in [2.24, 2.45) is 11.8 Å². The van der Waals surface area contributed by atoms with Gasteiger partial charge in [0, 0.05) is 30.1 Å². The Morgan fingerprint density at radius 1 is 1.19 bits per heavy atom. The van der Waals surface area contributed by atoms with E-state index < -0.39 is 17.8 Å². The molecule has 1 amide bonds. The molecule has 0 N–H and O–H groups in total. The maximum Gasteiger partial charge on any atom is 0.326 e. The Balaban J connectivity index is 1.92. The molecule has 7 nitrogen and oxygen atoms in total. The molecule has 1 heterocycles. The number of piperidine rings is 1. The third-order valence-electron chi connectivity index (χ3n) is 5.42.